The first-order chi connectivity index (χ1) is 11.0. The Hall–Kier alpha value is -0.530. The summed E-state index contributed by atoms with van der Waals surface area (Å²) in [5, 5.41) is 0. The molecule has 4 bridgehead atoms. The van der Waals surface area contributed by atoms with Gasteiger partial charge in [-0.1, -0.05) is 13.8 Å². The largest absolute Gasteiger partial charge is 0.465 e. The first kappa shape index (κ1) is 17.3. The van der Waals surface area contributed by atoms with E-state index in [0.717, 1.165) is 12.8 Å². The molecule has 23 heavy (non-hydrogen) atoms. The van der Waals surface area contributed by atoms with Crippen LogP contribution in [0.3, 0.4) is 0 Å². The van der Waals surface area contributed by atoms with E-state index in [1.807, 2.05) is 27.7 Å². The normalized spacial score (nSPS) is 39.8. The highest BCUT2D eigenvalue weighted by Gasteiger charge is 2.59. The fourth-order valence-corrected chi connectivity index (χ4v) is 6.07. The Kier molecular flexibility index (Phi) is 5.09. The Balaban J connectivity index is 0.000000137. The maximum atomic E-state index is 11.2. The third-order valence-electron chi connectivity index (χ3n) is 7.52. The van der Waals surface area contributed by atoms with E-state index < -0.39 is 0 Å². The second kappa shape index (κ2) is 6.76. The van der Waals surface area contributed by atoms with Crippen LogP contribution in [0.5, 0.6) is 0 Å². The summed E-state index contributed by atoms with van der Waals surface area (Å²) < 4.78 is 5.01. The second-order valence-corrected chi connectivity index (χ2v) is 9.19. The van der Waals surface area contributed by atoms with Crippen LogP contribution < -0.4 is 0 Å². The van der Waals surface area contributed by atoms with Gasteiger partial charge >= 0.3 is 5.97 Å². The van der Waals surface area contributed by atoms with E-state index in [1.54, 1.807) is 38.5 Å². The molecule has 4 saturated carbocycles. The molecule has 4 fully saturated rings. The first-order valence-electron chi connectivity index (χ1n) is 10.1. The molecule has 0 radical (unpaired) electrons. The van der Waals surface area contributed by atoms with Gasteiger partial charge in [0.2, 0.25) is 0 Å². The molecule has 0 amide bonds. The van der Waals surface area contributed by atoms with Crippen LogP contribution in [0, 0.1) is 40.9 Å². The van der Waals surface area contributed by atoms with Gasteiger partial charge in [0.1, 0.15) is 0 Å². The summed E-state index contributed by atoms with van der Waals surface area (Å²) in [6, 6.07) is 0. The van der Waals surface area contributed by atoms with Crippen LogP contribution in [-0.4, -0.2) is 12.6 Å². The van der Waals surface area contributed by atoms with Crippen molar-refractivity contribution in [3.63, 3.8) is 0 Å². The Morgan fingerprint density at radius 2 is 1.35 bits per heavy atom. The van der Waals surface area contributed by atoms with Crippen LogP contribution in [0.1, 0.15) is 79.1 Å². The highest BCUT2D eigenvalue weighted by atomic mass is 16.5. The maximum Gasteiger partial charge on any atom is 0.311 e. The molecule has 2 heteroatoms. The van der Waals surface area contributed by atoms with Crippen molar-refractivity contribution in [2.45, 2.75) is 79.1 Å². The molecule has 0 aliphatic heterocycles. The van der Waals surface area contributed by atoms with Gasteiger partial charge < -0.3 is 4.74 Å². The Labute approximate surface area is 142 Å². The molecule has 4 unspecified atom stereocenters. The van der Waals surface area contributed by atoms with Gasteiger partial charge in [0, 0.05) is 0 Å². The van der Waals surface area contributed by atoms with Gasteiger partial charge in [0.15, 0.2) is 0 Å². The molecule has 0 N–H and O–H groups in total. The minimum atomic E-state index is -0.310. The molecule has 0 aromatic carbocycles. The highest BCUT2D eigenvalue weighted by molar-refractivity contribution is 5.75. The highest BCUT2D eigenvalue weighted by Crippen LogP contribution is 2.67. The Morgan fingerprint density at radius 3 is 1.70 bits per heavy atom. The zero-order chi connectivity index (χ0) is 16.6. The molecule has 0 aromatic heterocycles. The van der Waals surface area contributed by atoms with E-state index in [0.29, 0.717) is 6.61 Å². The fourth-order valence-electron chi connectivity index (χ4n) is 6.07. The second-order valence-electron chi connectivity index (χ2n) is 9.19. The third kappa shape index (κ3) is 3.20. The number of rotatable bonds is 4. The van der Waals surface area contributed by atoms with E-state index in [-0.39, 0.29) is 11.4 Å². The molecule has 0 aromatic rings. The molecule has 0 spiro atoms. The predicted octanol–water partition coefficient (Wildman–Crippen LogP) is 5.45. The molecular formula is C21H36O2. The molecule has 4 aliphatic rings. The maximum absolute atomic E-state index is 11.2. The quantitative estimate of drug-likeness (QED) is 0.508. The molecule has 4 atom stereocenters. The van der Waals surface area contributed by atoms with Crippen molar-refractivity contribution in [1.29, 1.82) is 0 Å². The first-order valence-corrected chi connectivity index (χ1v) is 10.1. The van der Waals surface area contributed by atoms with Gasteiger partial charge in [-0.05, 0) is 101 Å². The average Bonchev–Trinajstić information content (AvgIpc) is 3.32. The van der Waals surface area contributed by atoms with Crippen LogP contribution >= 0.6 is 0 Å². The predicted molar refractivity (Wildman–Crippen MR) is 94.0 cm³/mol. The van der Waals surface area contributed by atoms with Gasteiger partial charge in [-0.15, -0.1) is 0 Å². The van der Waals surface area contributed by atoms with Crippen molar-refractivity contribution in [1.82, 2.24) is 0 Å². The van der Waals surface area contributed by atoms with Gasteiger partial charge in [-0.2, -0.15) is 0 Å². The number of carbonyl (C=O) groups excluding carboxylic acids is 1. The molecule has 0 saturated heterocycles. The lowest BCUT2D eigenvalue weighted by atomic mass is 9.71. The monoisotopic (exact) mass is 320 g/mol. The summed E-state index contributed by atoms with van der Waals surface area (Å²) in [7, 11) is 0. The number of fused-ring (bicyclic) bond motifs is 9. The molecule has 2 nitrogen and oxygen atoms in total. The summed E-state index contributed by atoms with van der Waals surface area (Å²) in [5.74, 6) is 7.21. The van der Waals surface area contributed by atoms with E-state index in [4.69, 9.17) is 4.74 Å². The van der Waals surface area contributed by atoms with Crippen LogP contribution in [0.15, 0.2) is 0 Å². The van der Waals surface area contributed by atoms with Crippen molar-refractivity contribution in [2.75, 3.05) is 6.61 Å². The third-order valence-corrected chi connectivity index (χ3v) is 7.52. The summed E-state index contributed by atoms with van der Waals surface area (Å²) in [5.41, 5.74) is -0.310. The smallest absolute Gasteiger partial charge is 0.311 e. The van der Waals surface area contributed by atoms with Crippen molar-refractivity contribution in [3.05, 3.63) is 0 Å². The molecule has 132 valence electrons. The number of hydrogen-bond acceptors (Lipinski definition) is 2. The van der Waals surface area contributed by atoms with Crippen LogP contribution in [0.2, 0.25) is 0 Å². The minimum absolute atomic E-state index is 0.0816. The summed E-state index contributed by atoms with van der Waals surface area (Å²) in [4.78, 5) is 11.2. The topological polar surface area (TPSA) is 26.3 Å². The van der Waals surface area contributed by atoms with Crippen LogP contribution in [0.25, 0.3) is 0 Å². The van der Waals surface area contributed by atoms with Gasteiger partial charge in [0.25, 0.3) is 0 Å². The van der Waals surface area contributed by atoms with Crippen molar-refractivity contribution < 1.29 is 9.53 Å². The van der Waals surface area contributed by atoms with Crippen LogP contribution in [-0.2, 0) is 9.53 Å². The van der Waals surface area contributed by atoms with Crippen molar-refractivity contribution in [2.24, 2.45) is 40.9 Å². The minimum Gasteiger partial charge on any atom is -0.465 e. The summed E-state index contributed by atoms with van der Waals surface area (Å²) in [6.07, 6.45) is 11.4. The molecular weight excluding hydrogens is 284 g/mol. The van der Waals surface area contributed by atoms with Gasteiger partial charge in [0.05, 0.1) is 12.0 Å². The fraction of sp³-hybridized carbons (Fsp3) is 0.952. The number of ether oxygens (including phenoxy) is 1. The zero-order valence-electron chi connectivity index (χ0n) is 15.6. The SMILES string of the molecule is C1CC2CC1C1C3CCC(C3)C21.CCCOC(=O)C(C)(C)CC. The van der Waals surface area contributed by atoms with Gasteiger partial charge in [-0.25, -0.2) is 0 Å². The van der Waals surface area contributed by atoms with Gasteiger partial charge in [-0.3, -0.25) is 4.79 Å². The standard InChI is InChI=1S/C12H18.C9H18O2/c1-2-8-5-7(1)11-9-3-4-10(6-9)12(8)11;1-5-7-11-8(10)9(3,4)6-2/h7-12H,1-6H2;5-7H2,1-4H3. The van der Waals surface area contributed by atoms with E-state index in [9.17, 15) is 4.79 Å². The average molecular weight is 321 g/mol. The lowest BCUT2D eigenvalue weighted by molar-refractivity contribution is -0.154. The van der Waals surface area contributed by atoms with E-state index in [2.05, 4.69) is 0 Å². The summed E-state index contributed by atoms with van der Waals surface area (Å²) in [6.45, 7) is 8.34. The van der Waals surface area contributed by atoms with E-state index in [1.165, 1.54) is 35.5 Å². The lowest BCUT2D eigenvalue weighted by Crippen LogP contribution is -2.27. The molecule has 4 rings (SSSR count). The van der Waals surface area contributed by atoms with Crippen molar-refractivity contribution >= 4 is 5.97 Å². The Morgan fingerprint density at radius 1 is 0.913 bits per heavy atom. The molecule has 4 aliphatic carbocycles. The number of esters is 1. The summed E-state index contributed by atoms with van der Waals surface area (Å²) >= 11 is 0. The number of hydrogen-bond donors (Lipinski definition) is 0. The Bertz CT molecular complexity index is 384. The van der Waals surface area contributed by atoms with E-state index >= 15 is 0 Å². The zero-order valence-corrected chi connectivity index (χ0v) is 15.6. The number of carbonyl (C=O) groups is 1. The molecule has 0 heterocycles. The lowest BCUT2D eigenvalue weighted by Gasteiger charge is -2.34. The van der Waals surface area contributed by atoms with Crippen molar-refractivity contribution in [3.8, 4) is 0 Å². The van der Waals surface area contributed by atoms with Crippen LogP contribution in [0.4, 0.5) is 0 Å².